The molecule has 0 aliphatic carbocycles. The van der Waals surface area contributed by atoms with Crippen LogP contribution in [0, 0.1) is 0 Å². The summed E-state index contributed by atoms with van der Waals surface area (Å²) in [6.45, 7) is 0.662. The molecular formula is C20H15NO4. The van der Waals surface area contributed by atoms with Crippen LogP contribution in [0.4, 0.5) is 0 Å². The maximum absolute atomic E-state index is 11.7. The highest BCUT2D eigenvalue weighted by Crippen LogP contribution is 2.28. The Morgan fingerprint density at radius 1 is 1.00 bits per heavy atom. The van der Waals surface area contributed by atoms with Crippen LogP contribution in [0.3, 0.4) is 0 Å². The highest BCUT2D eigenvalue weighted by atomic mass is 16.5. The molecule has 5 nitrogen and oxygen atoms in total. The Morgan fingerprint density at radius 3 is 2.44 bits per heavy atom. The first-order valence-corrected chi connectivity index (χ1v) is 7.83. The molecule has 4 aromatic rings. The van der Waals surface area contributed by atoms with Gasteiger partial charge in [0.05, 0.1) is 12.7 Å². The number of fused-ring (bicyclic) bond motifs is 1. The number of rotatable bonds is 4. The normalized spacial score (nSPS) is 11.2. The second kappa shape index (κ2) is 5.63. The molecule has 0 fully saturated rings. The molecule has 5 heteroatoms. The number of aromatic hydroxyl groups is 1. The van der Waals surface area contributed by atoms with Crippen LogP contribution in [-0.4, -0.2) is 16.8 Å². The number of nitrogens with zero attached hydrogens (tertiary/aromatic N) is 1. The molecule has 124 valence electrons. The fraction of sp³-hybridized carbons (Fsp3) is 0.100. The summed E-state index contributed by atoms with van der Waals surface area (Å²) < 4.78 is 7.23. The summed E-state index contributed by atoms with van der Waals surface area (Å²) in [6.07, 6.45) is 1.97. The Bertz CT molecular complexity index is 1150. The standard InChI is InChI=1S/C20H15NO4/c1-25-15-6-2-12(3-7-15)11-21-9-8-13-4-5-14(10-16(13)21)17-18(22)20(24)19(17)23/h2-10,22H,11H2,1H3. The third kappa shape index (κ3) is 2.41. The predicted molar refractivity (Wildman–Crippen MR) is 96.0 cm³/mol. The molecule has 3 aromatic carbocycles. The summed E-state index contributed by atoms with van der Waals surface area (Å²) in [5, 5.41) is 10.7. The van der Waals surface area contributed by atoms with Crippen molar-refractivity contribution in [1.29, 1.82) is 0 Å². The minimum Gasteiger partial charge on any atom is -0.503 e. The van der Waals surface area contributed by atoms with Crippen LogP contribution in [0.2, 0.25) is 0 Å². The third-order valence-electron chi connectivity index (χ3n) is 4.46. The topological polar surface area (TPSA) is 68.5 Å². The molecule has 25 heavy (non-hydrogen) atoms. The maximum Gasteiger partial charge on any atom is 0.268 e. The second-order valence-corrected chi connectivity index (χ2v) is 5.95. The summed E-state index contributed by atoms with van der Waals surface area (Å²) in [5.74, 6) is 0.358. The number of hydrogen-bond acceptors (Lipinski definition) is 4. The minimum absolute atomic E-state index is 0.101. The van der Waals surface area contributed by atoms with E-state index in [2.05, 4.69) is 4.57 Å². The van der Waals surface area contributed by atoms with Crippen LogP contribution >= 0.6 is 0 Å². The molecule has 0 saturated carbocycles. The Labute approximate surface area is 143 Å². The van der Waals surface area contributed by atoms with Crippen molar-refractivity contribution in [3.8, 4) is 22.6 Å². The Hall–Kier alpha value is -3.34. The first-order chi connectivity index (χ1) is 12.1. The summed E-state index contributed by atoms with van der Waals surface area (Å²) in [4.78, 5) is 22.9. The third-order valence-corrected chi connectivity index (χ3v) is 4.46. The lowest BCUT2D eigenvalue weighted by molar-refractivity contribution is 0.414. The summed E-state index contributed by atoms with van der Waals surface area (Å²) in [7, 11) is 1.63. The zero-order valence-electron chi connectivity index (χ0n) is 13.5. The van der Waals surface area contributed by atoms with Gasteiger partial charge in [0.25, 0.3) is 5.43 Å². The van der Waals surface area contributed by atoms with Crippen LogP contribution in [0.15, 0.2) is 64.3 Å². The van der Waals surface area contributed by atoms with Crippen LogP contribution in [0.1, 0.15) is 5.56 Å². The first-order valence-electron chi connectivity index (χ1n) is 7.83. The minimum atomic E-state index is -0.816. The first kappa shape index (κ1) is 15.2. The zero-order valence-corrected chi connectivity index (χ0v) is 13.5. The summed E-state index contributed by atoms with van der Waals surface area (Å²) in [6, 6.07) is 15.3. The van der Waals surface area contributed by atoms with Gasteiger partial charge in [-0.2, -0.15) is 0 Å². The van der Waals surface area contributed by atoms with Crippen LogP contribution in [0.5, 0.6) is 11.5 Å². The molecule has 0 saturated heterocycles. The van der Waals surface area contributed by atoms with E-state index in [0.29, 0.717) is 12.1 Å². The molecular weight excluding hydrogens is 318 g/mol. The van der Waals surface area contributed by atoms with Gasteiger partial charge in [0.2, 0.25) is 5.43 Å². The smallest absolute Gasteiger partial charge is 0.268 e. The van der Waals surface area contributed by atoms with Crippen molar-refractivity contribution in [3.63, 3.8) is 0 Å². The average molecular weight is 333 g/mol. The quantitative estimate of drug-likeness (QED) is 0.583. The lowest BCUT2D eigenvalue weighted by Gasteiger charge is -2.09. The molecule has 0 aliphatic rings. The van der Waals surface area contributed by atoms with Gasteiger partial charge in [0.1, 0.15) is 5.75 Å². The molecule has 1 heterocycles. The summed E-state index contributed by atoms with van der Waals surface area (Å²) in [5.41, 5.74) is 1.25. The largest absolute Gasteiger partial charge is 0.503 e. The van der Waals surface area contributed by atoms with Gasteiger partial charge in [-0.1, -0.05) is 24.3 Å². The van der Waals surface area contributed by atoms with E-state index in [1.165, 1.54) is 0 Å². The number of ether oxygens (including phenoxy) is 1. The predicted octanol–water partition coefficient (Wildman–Crippen LogP) is 2.67. The van der Waals surface area contributed by atoms with Crippen molar-refractivity contribution in [2.24, 2.45) is 0 Å². The van der Waals surface area contributed by atoms with Gasteiger partial charge in [0.15, 0.2) is 5.75 Å². The Balaban J connectivity index is 1.74. The monoisotopic (exact) mass is 333 g/mol. The van der Waals surface area contributed by atoms with E-state index in [1.54, 1.807) is 13.2 Å². The van der Waals surface area contributed by atoms with Crippen LogP contribution in [0.25, 0.3) is 22.0 Å². The van der Waals surface area contributed by atoms with Crippen molar-refractivity contribution < 1.29 is 9.84 Å². The van der Waals surface area contributed by atoms with Gasteiger partial charge in [-0.05, 0) is 40.8 Å². The highest BCUT2D eigenvalue weighted by Gasteiger charge is 2.21. The lowest BCUT2D eigenvalue weighted by atomic mass is 9.99. The van der Waals surface area contributed by atoms with E-state index in [-0.39, 0.29) is 5.56 Å². The van der Waals surface area contributed by atoms with Crippen LogP contribution < -0.4 is 15.6 Å². The molecule has 0 atom stereocenters. The van der Waals surface area contributed by atoms with E-state index in [0.717, 1.165) is 22.2 Å². The molecule has 4 rings (SSSR count). The number of aromatic nitrogens is 1. The van der Waals surface area contributed by atoms with Crippen molar-refractivity contribution in [3.05, 3.63) is 80.7 Å². The van der Waals surface area contributed by atoms with Gasteiger partial charge in [-0.25, -0.2) is 0 Å². The molecule has 0 aliphatic heterocycles. The molecule has 0 unspecified atom stereocenters. The zero-order chi connectivity index (χ0) is 17.6. The SMILES string of the molecule is COc1ccc(Cn2ccc3ccc(-c4c(O)c(=O)c4=O)cc32)cc1. The Morgan fingerprint density at radius 2 is 1.76 bits per heavy atom. The molecule has 0 bridgehead atoms. The number of methoxy groups -OCH3 is 1. The van der Waals surface area contributed by atoms with Gasteiger partial charge in [-0.15, -0.1) is 0 Å². The van der Waals surface area contributed by atoms with Crippen molar-refractivity contribution in [2.45, 2.75) is 6.54 Å². The van der Waals surface area contributed by atoms with Gasteiger partial charge < -0.3 is 14.4 Å². The van der Waals surface area contributed by atoms with Gasteiger partial charge in [-0.3, -0.25) is 9.59 Å². The summed E-state index contributed by atoms with van der Waals surface area (Å²) >= 11 is 0. The second-order valence-electron chi connectivity index (χ2n) is 5.95. The van der Waals surface area contributed by atoms with Crippen molar-refractivity contribution in [1.82, 2.24) is 4.57 Å². The van der Waals surface area contributed by atoms with Crippen molar-refractivity contribution >= 4 is 10.9 Å². The van der Waals surface area contributed by atoms with E-state index in [9.17, 15) is 14.7 Å². The van der Waals surface area contributed by atoms with E-state index >= 15 is 0 Å². The van der Waals surface area contributed by atoms with Crippen LogP contribution in [-0.2, 0) is 6.54 Å². The average Bonchev–Trinajstić information content (AvgIpc) is 3.04. The highest BCUT2D eigenvalue weighted by molar-refractivity contribution is 5.87. The molecule has 1 aromatic heterocycles. The molecule has 0 amide bonds. The fourth-order valence-electron chi connectivity index (χ4n) is 3.05. The fourth-order valence-corrected chi connectivity index (χ4v) is 3.05. The van der Waals surface area contributed by atoms with Gasteiger partial charge in [0, 0.05) is 18.3 Å². The maximum atomic E-state index is 11.7. The lowest BCUT2D eigenvalue weighted by Crippen LogP contribution is -2.31. The van der Waals surface area contributed by atoms with Crippen molar-refractivity contribution in [2.75, 3.05) is 7.11 Å². The Kier molecular flexibility index (Phi) is 3.42. The number of hydrogen-bond donors (Lipinski definition) is 1. The molecule has 1 N–H and O–H groups in total. The van der Waals surface area contributed by atoms with E-state index in [4.69, 9.17) is 4.74 Å². The number of benzene rings is 2. The van der Waals surface area contributed by atoms with Gasteiger partial charge >= 0.3 is 0 Å². The molecule has 0 spiro atoms. The van der Waals surface area contributed by atoms with E-state index in [1.807, 2.05) is 48.7 Å². The molecule has 0 radical (unpaired) electrons. The van der Waals surface area contributed by atoms with E-state index < -0.39 is 16.6 Å².